The SMILES string of the molecule is [Cl][Ti].[Cl][V]. The number of hydrogen-bond acceptors (Lipinski definition) is 0. The summed E-state index contributed by atoms with van der Waals surface area (Å²) in [6.45, 7) is 0. The van der Waals surface area contributed by atoms with E-state index in [0.29, 0.717) is 0 Å². The van der Waals surface area contributed by atoms with E-state index in [4.69, 9.17) is 0 Å². The molecular formula is Cl2TiV. The molecular weight excluding hydrogens is 170 g/mol. The van der Waals surface area contributed by atoms with E-state index in [-0.39, 0.29) is 0 Å². The monoisotopic (exact) mass is 169 g/mol. The molecule has 0 atom stereocenters. The second-order valence-corrected chi connectivity index (χ2v) is 0. The molecule has 0 unspecified atom stereocenters. The van der Waals surface area contributed by atoms with Crippen LogP contribution >= 0.6 is 19.2 Å². The van der Waals surface area contributed by atoms with Crippen LogP contribution in [0.3, 0.4) is 0 Å². The Hall–Kier alpha value is 1.88. The molecule has 0 aromatic heterocycles. The van der Waals surface area contributed by atoms with Crippen molar-refractivity contribution in [1.82, 2.24) is 0 Å². The van der Waals surface area contributed by atoms with Crippen LogP contribution in [-0.4, -0.2) is 0 Å². The zero-order chi connectivity index (χ0) is 4.00. The quantitative estimate of drug-likeness (QED) is 0.481. The zero-order valence-electron chi connectivity index (χ0n) is 1.70. The number of halogens is 2. The van der Waals surface area contributed by atoms with Gasteiger partial charge in [-0.05, 0) is 0 Å². The van der Waals surface area contributed by atoms with Crippen molar-refractivity contribution < 1.29 is 35.8 Å². The minimum absolute atomic E-state index is 1.47. The van der Waals surface area contributed by atoms with Gasteiger partial charge < -0.3 is 0 Å². The summed E-state index contributed by atoms with van der Waals surface area (Å²) in [5.74, 6) is 0. The Bertz CT molecular complexity index is 6.00. The first kappa shape index (κ1) is 9.30. The van der Waals surface area contributed by atoms with Crippen LogP contribution in [0.15, 0.2) is 0 Å². The molecule has 0 N–H and O–H groups in total. The molecule has 0 fully saturated rings. The Labute approximate surface area is 54.6 Å². The first-order chi connectivity index (χ1) is 2.00. The summed E-state index contributed by atoms with van der Waals surface area (Å²) in [6, 6.07) is 0. The molecule has 23 valence electrons. The Balaban J connectivity index is 0. The van der Waals surface area contributed by atoms with E-state index >= 15 is 0 Å². The van der Waals surface area contributed by atoms with E-state index in [1.54, 1.807) is 16.5 Å². The van der Waals surface area contributed by atoms with Crippen molar-refractivity contribution >= 4 is 19.2 Å². The van der Waals surface area contributed by atoms with Gasteiger partial charge in [0.05, 0.1) is 0 Å². The maximum atomic E-state index is 4.64. The Morgan fingerprint density at radius 1 is 1.25 bits per heavy atom. The van der Waals surface area contributed by atoms with E-state index in [0.717, 1.165) is 0 Å². The molecule has 0 aromatic carbocycles. The van der Waals surface area contributed by atoms with Gasteiger partial charge in [0.1, 0.15) is 0 Å². The summed E-state index contributed by atoms with van der Waals surface area (Å²) in [7, 11) is 9.22. The van der Waals surface area contributed by atoms with Crippen molar-refractivity contribution in [3.63, 3.8) is 0 Å². The Morgan fingerprint density at radius 2 is 1.25 bits per heavy atom. The van der Waals surface area contributed by atoms with Crippen molar-refractivity contribution in [2.75, 3.05) is 0 Å². The van der Waals surface area contributed by atoms with Gasteiger partial charge in [-0.2, -0.15) is 0 Å². The molecule has 0 saturated carbocycles. The molecule has 0 heterocycles. The van der Waals surface area contributed by atoms with E-state index in [1.165, 1.54) is 19.4 Å². The van der Waals surface area contributed by atoms with Crippen molar-refractivity contribution in [1.29, 1.82) is 0 Å². The van der Waals surface area contributed by atoms with Gasteiger partial charge >= 0.3 is 55.0 Å². The van der Waals surface area contributed by atoms with Crippen LogP contribution in [0.4, 0.5) is 0 Å². The van der Waals surface area contributed by atoms with Crippen LogP contribution in [-0.2, 0) is 35.8 Å². The molecule has 0 nitrogen and oxygen atoms in total. The van der Waals surface area contributed by atoms with Crippen molar-refractivity contribution in [3.8, 4) is 0 Å². The molecule has 0 aliphatic carbocycles. The minimum atomic E-state index is 1.47. The van der Waals surface area contributed by atoms with Crippen LogP contribution in [0.5, 0.6) is 0 Å². The molecule has 0 radical (unpaired) electrons. The summed E-state index contributed by atoms with van der Waals surface area (Å²) in [5, 5.41) is 0. The second-order valence-electron chi connectivity index (χ2n) is 0. The summed E-state index contributed by atoms with van der Waals surface area (Å²) in [5.41, 5.74) is 0. The Kier molecular flexibility index (Phi) is 48.4. The molecule has 0 spiro atoms. The summed E-state index contributed by atoms with van der Waals surface area (Å²) < 4.78 is 0. The molecule has 0 rings (SSSR count). The van der Waals surface area contributed by atoms with E-state index < -0.39 is 0 Å². The van der Waals surface area contributed by atoms with Gasteiger partial charge in [0.15, 0.2) is 0 Å². The van der Waals surface area contributed by atoms with Gasteiger partial charge in [0, 0.05) is 0 Å². The summed E-state index contributed by atoms with van der Waals surface area (Å²) >= 11 is 3.26. The standard InChI is InChI=1S/2ClH.Ti.V/h2*1H;;/q;;2*+1/p-2. The summed E-state index contributed by atoms with van der Waals surface area (Å²) in [6.07, 6.45) is 0. The average molecular weight is 170 g/mol. The third-order valence-electron chi connectivity index (χ3n) is 0. The molecule has 0 aromatic rings. The fourth-order valence-corrected chi connectivity index (χ4v) is 0. The first-order valence-electron chi connectivity index (χ1n) is 0.358. The molecule has 0 aliphatic rings. The predicted octanol–water partition coefficient (Wildman–Crippen LogP) is 1.37. The van der Waals surface area contributed by atoms with Gasteiger partial charge in [-0.1, -0.05) is 0 Å². The Morgan fingerprint density at radius 3 is 1.25 bits per heavy atom. The van der Waals surface area contributed by atoms with E-state index in [2.05, 4.69) is 19.2 Å². The zero-order valence-corrected chi connectivity index (χ0v) is 6.17. The molecule has 4 heavy (non-hydrogen) atoms. The number of rotatable bonds is 0. The van der Waals surface area contributed by atoms with Crippen LogP contribution in [0, 0.1) is 0 Å². The number of hydrogen-bond donors (Lipinski definition) is 0. The molecule has 0 saturated heterocycles. The van der Waals surface area contributed by atoms with Crippen molar-refractivity contribution in [2.24, 2.45) is 0 Å². The summed E-state index contributed by atoms with van der Waals surface area (Å²) in [4.78, 5) is 0. The van der Waals surface area contributed by atoms with Crippen LogP contribution in [0.25, 0.3) is 0 Å². The van der Waals surface area contributed by atoms with Crippen LogP contribution in [0.1, 0.15) is 0 Å². The first-order valence-corrected chi connectivity index (χ1v) is 4.43. The van der Waals surface area contributed by atoms with Crippen LogP contribution in [0.2, 0.25) is 0 Å². The van der Waals surface area contributed by atoms with Gasteiger partial charge in [-0.25, -0.2) is 0 Å². The fourth-order valence-electron chi connectivity index (χ4n) is 0. The normalized spacial score (nSPS) is 2.25. The third-order valence-corrected chi connectivity index (χ3v) is 0. The fraction of sp³-hybridized carbons (Fsp3) is 0. The van der Waals surface area contributed by atoms with Gasteiger partial charge in [0.25, 0.3) is 0 Å². The van der Waals surface area contributed by atoms with Crippen molar-refractivity contribution in [3.05, 3.63) is 0 Å². The van der Waals surface area contributed by atoms with Crippen LogP contribution < -0.4 is 0 Å². The molecule has 0 bridgehead atoms. The maximum absolute atomic E-state index is 4.64. The van der Waals surface area contributed by atoms with E-state index in [9.17, 15) is 0 Å². The second kappa shape index (κ2) is 20.8. The van der Waals surface area contributed by atoms with Gasteiger partial charge in [-0.15, -0.1) is 0 Å². The molecule has 4 heteroatoms. The van der Waals surface area contributed by atoms with Gasteiger partial charge in [-0.3, -0.25) is 0 Å². The third kappa shape index (κ3) is 9.11. The van der Waals surface area contributed by atoms with E-state index in [1.807, 2.05) is 0 Å². The van der Waals surface area contributed by atoms with Crippen molar-refractivity contribution in [2.45, 2.75) is 0 Å². The molecule has 0 amide bonds. The topological polar surface area (TPSA) is 0 Å². The average Bonchev–Trinajstić information content (AvgIpc) is 1.50. The van der Waals surface area contributed by atoms with Gasteiger partial charge in [0.2, 0.25) is 0 Å². The molecule has 0 aliphatic heterocycles. The predicted molar refractivity (Wildman–Crippen MR) is 11.7 cm³/mol.